The fraction of sp³-hybridized carbons (Fsp3) is 0.0909. The molecule has 1 aromatic carbocycles. The Morgan fingerprint density at radius 2 is 2.14 bits per heavy atom. The van der Waals surface area contributed by atoms with Crippen molar-refractivity contribution in [1.29, 1.82) is 0 Å². The molecule has 0 fully saturated rings. The third-order valence-corrected chi connectivity index (χ3v) is 2.55. The number of aromatic nitrogens is 2. The van der Waals surface area contributed by atoms with Crippen LogP contribution in [0.3, 0.4) is 0 Å². The number of nitro benzene ring substituents is 1. The topological polar surface area (TPSA) is 138 Å². The number of hydrogen-bond acceptors (Lipinski definition) is 7. The van der Waals surface area contributed by atoms with Gasteiger partial charge in [0.2, 0.25) is 5.69 Å². The summed E-state index contributed by atoms with van der Waals surface area (Å²) in [4.78, 5) is 21.8. The molecule has 10 nitrogen and oxygen atoms in total. The lowest BCUT2D eigenvalue weighted by molar-refractivity contribution is -0.806. The van der Waals surface area contributed by atoms with Crippen molar-refractivity contribution >= 4 is 17.8 Å². The Hall–Kier alpha value is -3.30. The van der Waals surface area contributed by atoms with Gasteiger partial charge in [0.15, 0.2) is 0 Å². The van der Waals surface area contributed by atoms with Crippen molar-refractivity contribution in [3.63, 3.8) is 0 Å². The van der Waals surface area contributed by atoms with Crippen molar-refractivity contribution in [3.05, 3.63) is 56.5 Å². The number of nitrogens with one attached hydrogen (secondary N) is 1. The fourth-order valence-electron chi connectivity index (χ4n) is 1.37. The maximum Gasteiger partial charge on any atom is 0.271 e. The molecule has 1 aromatic heterocycles. The van der Waals surface area contributed by atoms with Crippen LogP contribution >= 0.6 is 0 Å². The van der Waals surface area contributed by atoms with E-state index >= 15 is 0 Å². The van der Waals surface area contributed by atoms with Crippen LogP contribution in [0.15, 0.2) is 34.0 Å². The monoisotopic (exact) mass is 291 g/mol. The minimum atomic E-state index is -0.564. The van der Waals surface area contributed by atoms with Crippen LogP contribution in [0.1, 0.15) is 21.7 Å². The number of amides is 1. The Morgan fingerprint density at radius 1 is 1.48 bits per heavy atom. The van der Waals surface area contributed by atoms with Crippen LogP contribution in [0.25, 0.3) is 0 Å². The molecule has 0 radical (unpaired) electrons. The summed E-state index contributed by atoms with van der Waals surface area (Å²) in [6.07, 6.45) is 1.15. The molecule has 0 bridgehead atoms. The lowest BCUT2D eigenvalue weighted by atomic mass is 10.2. The minimum Gasteiger partial charge on any atom is -0.359 e. The molecule has 1 heterocycles. The predicted molar refractivity (Wildman–Crippen MR) is 68.4 cm³/mol. The zero-order valence-corrected chi connectivity index (χ0v) is 10.7. The number of nitrogens with zero attached hydrogens (tertiary/aromatic N) is 4. The molecule has 0 saturated carbocycles. The summed E-state index contributed by atoms with van der Waals surface area (Å²) in [5, 5.41) is 28.4. The molecule has 1 N–H and O–H groups in total. The second-order valence-corrected chi connectivity index (χ2v) is 3.90. The number of non-ortho nitro benzene ring substituents is 1. The van der Waals surface area contributed by atoms with Gasteiger partial charge in [0.1, 0.15) is 6.21 Å². The number of carbonyl (C=O) groups is 1. The van der Waals surface area contributed by atoms with E-state index in [9.17, 15) is 20.1 Å². The maximum atomic E-state index is 11.7. The van der Waals surface area contributed by atoms with Gasteiger partial charge in [0, 0.05) is 29.8 Å². The summed E-state index contributed by atoms with van der Waals surface area (Å²) < 4.78 is 4.32. The van der Waals surface area contributed by atoms with Crippen LogP contribution in [0.4, 0.5) is 5.69 Å². The Balaban J connectivity index is 2.01. The summed E-state index contributed by atoms with van der Waals surface area (Å²) in [5.74, 6) is -0.558. The van der Waals surface area contributed by atoms with E-state index in [1.54, 1.807) is 0 Å². The minimum absolute atomic E-state index is 0.117. The Bertz CT molecular complexity index is 706. The zero-order valence-electron chi connectivity index (χ0n) is 10.7. The van der Waals surface area contributed by atoms with Crippen molar-refractivity contribution in [2.75, 3.05) is 0 Å². The first kappa shape index (κ1) is 14.1. The van der Waals surface area contributed by atoms with E-state index in [1.165, 1.54) is 31.2 Å². The van der Waals surface area contributed by atoms with Crippen LogP contribution < -0.4 is 10.3 Å². The molecule has 21 heavy (non-hydrogen) atoms. The quantitative estimate of drug-likeness (QED) is 0.372. The molecule has 0 aliphatic rings. The third kappa shape index (κ3) is 3.18. The Kier molecular flexibility index (Phi) is 3.88. The van der Waals surface area contributed by atoms with Crippen molar-refractivity contribution in [1.82, 2.24) is 10.6 Å². The van der Waals surface area contributed by atoms with Crippen molar-refractivity contribution in [2.24, 2.45) is 5.10 Å². The first-order valence-electron chi connectivity index (χ1n) is 5.63. The van der Waals surface area contributed by atoms with E-state index in [-0.39, 0.29) is 27.5 Å². The second kappa shape index (κ2) is 5.77. The van der Waals surface area contributed by atoms with Gasteiger partial charge in [-0.2, -0.15) is 5.10 Å². The number of benzene rings is 1. The van der Waals surface area contributed by atoms with E-state index in [0.717, 1.165) is 6.21 Å². The van der Waals surface area contributed by atoms with Gasteiger partial charge in [-0.1, -0.05) is 0 Å². The van der Waals surface area contributed by atoms with Gasteiger partial charge in [0.05, 0.1) is 4.92 Å². The van der Waals surface area contributed by atoms with Gasteiger partial charge in [0.25, 0.3) is 17.3 Å². The highest BCUT2D eigenvalue weighted by Gasteiger charge is 2.12. The highest BCUT2D eigenvalue weighted by atomic mass is 16.8. The summed E-state index contributed by atoms with van der Waals surface area (Å²) in [7, 11) is 0. The van der Waals surface area contributed by atoms with Gasteiger partial charge < -0.3 is 5.21 Å². The molecule has 0 unspecified atom stereocenters. The molecule has 0 saturated heterocycles. The maximum absolute atomic E-state index is 11.7. The summed E-state index contributed by atoms with van der Waals surface area (Å²) in [6, 6.07) is 5.02. The number of hydrazone groups is 1. The molecule has 2 aromatic rings. The molecule has 1 amide bonds. The molecular formula is C11H9N5O5. The molecule has 0 spiro atoms. The van der Waals surface area contributed by atoms with Crippen molar-refractivity contribution in [3.8, 4) is 0 Å². The first-order chi connectivity index (χ1) is 9.99. The van der Waals surface area contributed by atoms with Crippen LogP contribution in [0, 0.1) is 22.2 Å². The number of carbonyl (C=O) groups excluding carboxylic acids is 1. The summed E-state index contributed by atoms with van der Waals surface area (Å²) >= 11 is 0. The van der Waals surface area contributed by atoms with E-state index in [2.05, 4.69) is 20.3 Å². The van der Waals surface area contributed by atoms with E-state index in [1.807, 2.05) is 0 Å². The first-order valence-corrected chi connectivity index (χ1v) is 5.63. The van der Waals surface area contributed by atoms with Crippen LogP contribution in [0.5, 0.6) is 0 Å². The molecule has 0 atom stereocenters. The Labute approximate surface area is 117 Å². The third-order valence-electron chi connectivity index (χ3n) is 2.55. The lowest BCUT2D eigenvalue weighted by Gasteiger charge is -1.98. The van der Waals surface area contributed by atoms with E-state index in [4.69, 9.17) is 0 Å². The fourth-order valence-corrected chi connectivity index (χ4v) is 1.37. The molecule has 2 rings (SSSR count). The Morgan fingerprint density at radius 3 is 2.67 bits per heavy atom. The van der Waals surface area contributed by atoms with Gasteiger partial charge in [-0.3, -0.25) is 19.5 Å². The second-order valence-electron chi connectivity index (χ2n) is 3.90. The van der Waals surface area contributed by atoms with Crippen LogP contribution in [0.2, 0.25) is 0 Å². The van der Waals surface area contributed by atoms with Crippen molar-refractivity contribution in [2.45, 2.75) is 6.92 Å². The lowest BCUT2D eigenvalue weighted by Crippen LogP contribution is -2.26. The van der Waals surface area contributed by atoms with E-state index in [0.29, 0.717) is 0 Å². The summed E-state index contributed by atoms with van der Waals surface area (Å²) in [6.45, 7) is 1.48. The van der Waals surface area contributed by atoms with Crippen LogP contribution in [-0.2, 0) is 0 Å². The van der Waals surface area contributed by atoms with Gasteiger partial charge in [-0.15, -0.1) is 0 Å². The average Bonchev–Trinajstić information content (AvgIpc) is 2.79. The van der Waals surface area contributed by atoms with Gasteiger partial charge in [-0.25, -0.2) is 5.43 Å². The van der Waals surface area contributed by atoms with Crippen LogP contribution in [-0.4, -0.2) is 22.2 Å². The number of hydrogen-bond donors (Lipinski definition) is 1. The standard InChI is InChI=1S/C11H9N5O5/c1-7-10(14-21-16(7)20)6-12-13-11(17)8-2-4-9(5-3-8)15(18)19/h2-6H,1H3,(H,13,17)/b12-6+. The average molecular weight is 291 g/mol. The number of nitro groups is 1. The molecule has 0 aliphatic heterocycles. The SMILES string of the molecule is Cc1c(/C=N/NC(=O)c2ccc([N+](=O)[O-])cc2)no[n+]1[O-]. The molecule has 10 heteroatoms. The van der Waals surface area contributed by atoms with Gasteiger partial charge >= 0.3 is 0 Å². The molecule has 108 valence electrons. The molecular weight excluding hydrogens is 282 g/mol. The summed E-state index contributed by atoms with van der Waals surface area (Å²) in [5.41, 5.74) is 2.66. The highest BCUT2D eigenvalue weighted by Crippen LogP contribution is 2.11. The highest BCUT2D eigenvalue weighted by molar-refractivity contribution is 5.94. The predicted octanol–water partition coefficient (Wildman–Crippen LogP) is 0.289. The smallest absolute Gasteiger partial charge is 0.271 e. The van der Waals surface area contributed by atoms with Crippen molar-refractivity contribution < 1.29 is 19.2 Å². The largest absolute Gasteiger partial charge is 0.359 e. The number of rotatable bonds is 4. The van der Waals surface area contributed by atoms with E-state index < -0.39 is 10.8 Å². The normalized spacial score (nSPS) is 10.7. The molecule has 0 aliphatic carbocycles. The zero-order chi connectivity index (χ0) is 15.4. The van der Waals surface area contributed by atoms with Gasteiger partial charge in [-0.05, 0) is 17.0 Å².